The van der Waals surface area contributed by atoms with E-state index >= 15 is 0 Å². The molecule has 1 heterocycles. The molecule has 0 amide bonds. The maximum atomic E-state index is 14.4. The minimum atomic E-state index is -1.68. The predicted octanol–water partition coefficient (Wildman–Crippen LogP) is 1.26. The van der Waals surface area contributed by atoms with Crippen LogP contribution in [-0.2, 0) is 14.3 Å². The number of fused-ring (bicyclic) bond motifs is 7. The Morgan fingerprint density at radius 1 is 0.915 bits per heavy atom. The molecule has 0 bridgehead atoms. The Morgan fingerprint density at radius 2 is 1.60 bits per heavy atom. The number of rotatable bonds is 4. The van der Waals surface area contributed by atoms with Crippen molar-refractivity contribution in [3.8, 4) is 0 Å². The summed E-state index contributed by atoms with van der Waals surface area (Å²) in [6.45, 7) is 11.8. The van der Waals surface area contributed by atoms with E-state index in [9.17, 15) is 45.6 Å². The first-order valence-corrected chi connectivity index (χ1v) is 17.7. The van der Waals surface area contributed by atoms with Crippen LogP contribution in [0.2, 0.25) is 0 Å². The first-order chi connectivity index (χ1) is 21.9. The Morgan fingerprint density at radius 3 is 2.23 bits per heavy atom. The molecule has 0 aromatic heterocycles. The van der Waals surface area contributed by atoms with Crippen molar-refractivity contribution in [3.05, 3.63) is 11.6 Å². The lowest BCUT2D eigenvalue weighted by atomic mass is 9.32. The Bertz CT molecular complexity index is 1260. The normalized spacial score (nSPS) is 57.5. The van der Waals surface area contributed by atoms with Crippen molar-refractivity contribution < 1.29 is 55.1 Å². The summed E-state index contributed by atoms with van der Waals surface area (Å²) in [5.74, 6) is -0.654. The fourth-order valence-corrected chi connectivity index (χ4v) is 12.5. The highest BCUT2D eigenvalue weighted by Crippen LogP contribution is 2.75. The quantitative estimate of drug-likeness (QED) is 0.159. The van der Waals surface area contributed by atoms with Gasteiger partial charge in [0.25, 0.3) is 0 Å². The number of esters is 1. The van der Waals surface area contributed by atoms with E-state index in [2.05, 4.69) is 40.7 Å². The molecule has 18 atom stereocenters. The second kappa shape index (κ2) is 11.7. The number of allylic oxidation sites excluding steroid dienone is 2. The topological polar surface area (TPSA) is 197 Å². The molecule has 0 aromatic carbocycles. The SMILES string of the molecule is C[C@H]1[C@H](C)CC[C@]2(C(=O)O[C@@H]3O[C@H](CO)[C@@H](O)[C@H](O)[C@H]3O)CC[C@]3(C)C(=CC[C@@H]4[C@@]5(C)C[C@@H](O)[C@H](O)[C@@](C)(CO)[C@@H]5[C@H](O)C[C@]43C)[C@H]12. The van der Waals surface area contributed by atoms with E-state index in [1.807, 2.05) is 0 Å². The molecule has 0 aromatic rings. The van der Waals surface area contributed by atoms with Gasteiger partial charge in [0.15, 0.2) is 0 Å². The largest absolute Gasteiger partial charge is 0.432 e. The predicted molar refractivity (Wildman–Crippen MR) is 169 cm³/mol. The van der Waals surface area contributed by atoms with Gasteiger partial charge >= 0.3 is 5.97 Å². The minimum Gasteiger partial charge on any atom is -0.432 e. The van der Waals surface area contributed by atoms with Gasteiger partial charge in [-0.25, -0.2) is 0 Å². The molecule has 0 spiro atoms. The Balaban J connectivity index is 1.39. The third-order valence-electron chi connectivity index (χ3n) is 15.5. The Hall–Kier alpha value is -1.15. The molecular formula is C36H58O11. The number of aliphatic hydroxyl groups excluding tert-OH is 8. The van der Waals surface area contributed by atoms with Gasteiger partial charge in [-0.3, -0.25) is 4.79 Å². The van der Waals surface area contributed by atoms with Crippen LogP contribution >= 0.6 is 0 Å². The summed E-state index contributed by atoms with van der Waals surface area (Å²) >= 11 is 0. The molecule has 1 saturated heterocycles. The van der Waals surface area contributed by atoms with Crippen molar-refractivity contribution in [3.63, 3.8) is 0 Å². The molecule has 0 unspecified atom stereocenters. The maximum Gasteiger partial charge on any atom is 0.315 e. The fraction of sp³-hybridized carbons (Fsp3) is 0.917. The molecule has 0 radical (unpaired) electrons. The second-order valence-electron chi connectivity index (χ2n) is 17.4. The molecule has 4 saturated carbocycles. The lowest BCUT2D eigenvalue weighted by molar-refractivity contribution is -0.298. The van der Waals surface area contributed by atoms with E-state index in [0.29, 0.717) is 44.4 Å². The van der Waals surface area contributed by atoms with E-state index < -0.39 is 94.6 Å². The zero-order chi connectivity index (χ0) is 34.6. The summed E-state index contributed by atoms with van der Waals surface area (Å²) < 4.78 is 11.5. The summed E-state index contributed by atoms with van der Waals surface area (Å²) in [6, 6.07) is 0. The molecule has 11 heteroatoms. The van der Waals surface area contributed by atoms with Crippen LogP contribution in [0, 0.1) is 56.7 Å². The molecule has 5 aliphatic carbocycles. The third-order valence-corrected chi connectivity index (χ3v) is 15.5. The number of carbonyl (C=O) groups excluding carboxylic acids is 1. The van der Waals surface area contributed by atoms with Crippen LogP contribution in [0.15, 0.2) is 11.6 Å². The number of hydrogen-bond acceptors (Lipinski definition) is 11. The summed E-state index contributed by atoms with van der Waals surface area (Å²) in [6.07, 6.45) is -4.34. The molecule has 8 N–H and O–H groups in total. The molecular weight excluding hydrogens is 608 g/mol. The molecule has 11 nitrogen and oxygen atoms in total. The van der Waals surface area contributed by atoms with Crippen molar-refractivity contribution in [2.75, 3.05) is 13.2 Å². The zero-order valence-electron chi connectivity index (χ0n) is 28.7. The summed E-state index contributed by atoms with van der Waals surface area (Å²) in [4.78, 5) is 14.4. The first-order valence-electron chi connectivity index (χ1n) is 17.7. The zero-order valence-corrected chi connectivity index (χ0v) is 28.7. The van der Waals surface area contributed by atoms with Crippen LogP contribution in [0.1, 0.15) is 86.5 Å². The van der Waals surface area contributed by atoms with Crippen LogP contribution in [-0.4, -0.2) is 109 Å². The number of carbonyl (C=O) groups is 1. The third kappa shape index (κ3) is 4.67. The average molecular weight is 667 g/mol. The molecule has 1 aliphatic heterocycles. The maximum absolute atomic E-state index is 14.4. The van der Waals surface area contributed by atoms with Crippen molar-refractivity contribution in [2.24, 2.45) is 56.7 Å². The lowest BCUT2D eigenvalue weighted by Gasteiger charge is -2.72. The van der Waals surface area contributed by atoms with Crippen molar-refractivity contribution >= 4 is 5.97 Å². The highest BCUT2D eigenvalue weighted by Gasteiger charge is 2.73. The Labute approximate surface area is 278 Å². The Kier molecular flexibility index (Phi) is 8.88. The van der Waals surface area contributed by atoms with Crippen LogP contribution in [0.25, 0.3) is 0 Å². The van der Waals surface area contributed by atoms with Gasteiger partial charge in [0, 0.05) is 11.3 Å². The van der Waals surface area contributed by atoms with Crippen molar-refractivity contribution in [2.45, 2.75) is 136 Å². The monoisotopic (exact) mass is 666 g/mol. The molecule has 6 rings (SSSR count). The number of aliphatic hydroxyl groups is 8. The van der Waals surface area contributed by atoms with Crippen molar-refractivity contribution in [1.29, 1.82) is 0 Å². The van der Waals surface area contributed by atoms with E-state index in [1.165, 1.54) is 5.57 Å². The molecule has 268 valence electrons. The number of ether oxygens (including phenoxy) is 2. The van der Waals surface area contributed by atoms with E-state index in [1.54, 1.807) is 6.92 Å². The molecule has 47 heavy (non-hydrogen) atoms. The van der Waals surface area contributed by atoms with Gasteiger partial charge in [0.05, 0.1) is 36.9 Å². The van der Waals surface area contributed by atoms with Crippen LogP contribution < -0.4 is 0 Å². The summed E-state index contributed by atoms with van der Waals surface area (Å²) in [5, 5.41) is 85.8. The van der Waals surface area contributed by atoms with Crippen LogP contribution in [0.4, 0.5) is 0 Å². The minimum absolute atomic E-state index is 0.0371. The highest BCUT2D eigenvalue weighted by atomic mass is 16.7. The smallest absolute Gasteiger partial charge is 0.315 e. The van der Waals surface area contributed by atoms with E-state index in [0.717, 1.165) is 6.42 Å². The molecule has 6 aliphatic rings. The summed E-state index contributed by atoms with van der Waals surface area (Å²) in [5.41, 5.74) is -2.21. The summed E-state index contributed by atoms with van der Waals surface area (Å²) in [7, 11) is 0. The van der Waals surface area contributed by atoms with Crippen LogP contribution in [0.3, 0.4) is 0 Å². The van der Waals surface area contributed by atoms with Gasteiger partial charge in [-0.2, -0.15) is 0 Å². The van der Waals surface area contributed by atoms with E-state index in [4.69, 9.17) is 9.47 Å². The molecule has 5 fully saturated rings. The van der Waals surface area contributed by atoms with E-state index in [-0.39, 0.29) is 24.4 Å². The van der Waals surface area contributed by atoms with Gasteiger partial charge in [0.1, 0.15) is 24.4 Å². The fourth-order valence-electron chi connectivity index (χ4n) is 12.5. The average Bonchev–Trinajstić information content (AvgIpc) is 3.02. The van der Waals surface area contributed by atoms with Gasteiger partial charge in [-0.05, 0) is 84.9 Å². The van der Waals surface area contributed by atoms with Crippen LogP contribution in [0.5, 0.6) is 0 Å². The standard InChI is InChI=1S/C36H58O11/c1-17-9-10-36(31(45)47-30-27(43)26(42)25(41)22(15-37)46-30)12-11-34(5)19(24(36)18(17)2)7-8-23-32(3)13-21(40)29(44)33(4,16-38)28(32)20(39)14-35(23,34)6/h7,17-18,20-30,37-44H,8-16H2,1-6H3/t17-,18+,20-,21-,22-,23-,24+,25-,26+,27-,28-,29+,30+,32-,33+,34-,35-,36+/m1/s1. The second-order valence-corrected chi connectivity index (χ2v) is 17.4. The first kappa shape index (κ1) is 35.7. The van der Waals surface area contributed by atoms with Gasteiger partial charge in [-0.15, -0.1) is 0 Å². The van der Waals surface area contributed by atoms with Gasteiger partial charge in [-0.1, -0.05) is 53.2 Å². The van der Waals surface area contributed by atoms with Gasteiger partial charge < -0.3 is 50.3 Å². The highest BCUT2D eigenvalue weighted by molar-refractivity contribution is 5.79. The number of hydrogen-bond donors (Lipinski definition) is 8. The van der Waals surface area contributed by atoms with Gasteiger partial charge in [0.2, 0.25) is 6.29 Å². The lowest BCUT2D eigenvalue weighted by Crippen LogP contribution is -2.71. The van der Waals surface area contributed by atoms with Crippen molar-refractivity contribution in [1.82, 2.24) is 0 Å².